The lowest BCUT2D eigenvalue weighted by molar-refractivity contribution is 0.0470. The van der Waals surface area contributed by atoms with Gasteiger partial charge in [-0.05, 0) is 24.6 Å². The minimum atomic E-state index is -0.0924. The topological polar surface area (TPSA) is 54.3 Å². The average Bonchev–Trinajstić information content (AvgIpc) is 3.19. The first-order valence-electron chi connectivity index (χ1n) is 9.36. The molecule has 0 N–H and O–H groups in total. The van der Waals surface area contributed by atoms with Gasteiger partial charge in [-0.25, -0.2) is 4.68 Å². The van der Waals surface area contributed by atoms with Crippen molar-refractivity contribution < 1.29 is 4.79 Å². The molecule has 1 aromatic heterocycles. The maximum absolute atomic E-state index is 13.0. The molecule has 0 bridgehead atoms. The van der Waals surface area contributed by atoms with Gasteiger partial charge in [0.05, 0.1) is 16.9 Å². The van der Waals surface area contributed by atoms with E-state index >= 15 is 0 Å². The molecule has 1 fully saturated rings. The molecule has 7 heteroatoms. The fourth-order valence-corrected chi connectivity index (χ4v) is 3.81. The fraction of sp³-hybridized carbons (Fsp3) is 0.286. The van der Waals surface area contributed by atoms with Crippen LogP contribution in [0.5, 0.6) is 0 Å². The number of aromatic nitrogens is 3. The Morgan fingerprint density at radius 2 is 1.86 bits per heavy atom. The summed E-state index contributed by atoms with van der Waals surface area (Å²) < 4.78 is 1.55. The fourth-order valence-electron chi connectivity index (χ4n) is 3.58. The van der Waals surface area contributed by atoms with Crippen LogP contribution in [0.4, 0.5) is 0 Å². The lowest BCUT2D eigenvalue weighted by Crippen LogP contribution is -2.53. The predicted octanol–water partition coefficient (Wildman–Crippen LogP) is 3.27. The second-order valence-corrected chi connectivity index (χ2v) is 7.48. The van der Waals surface area contributed by atoms with E-state index in [2.05, 4.69) is 46.4 Å². The third-order valence-electron chi connectivity index (χ3n) is 5.03. The van der Waals surface area contributed by atoms with E-state index in [0.29, 0.717) is 22.9 Å². The molecule has 2 aromatic carbocycles. The second kappa shape index (κ2) is 8.12. The van der Waals surface area contributed by atoms with Crippen LogP contribution in [0.3, 0.4) is 0 Å². The lowest BCUT2D eigenvalue weighted by atomic mass is 10.1. The van der Waals surface area contributed by atoms with Crippen molar-refractivity contribution in [2.45, 2.75) is 19.5 Å². The number of rotatable bonds is 4. The number of hydrogen-bond donors (Lipinski definition) is 0. The highest BCUT2D eigenvalue weighted by molar-refractivity contribution is 6.32. The van der Waals surface area contributed by atoms with Gasteiger partial charge < -0.3 is 4.90 Å². The molecule has 0 saturated carbocycles. The zero-order valence-electron chi connectivity index (χ0n) is 15.7. The van der Waals surface area contributed by atoms with Crippen LogP contribution >= 0.6 is 11.6 Å². The summed E-state index contributed by atoms with van der Waals surface area (Å²) >= 11 is 6.21. The summed E-state index contributed by atoms with van der Waals surface area (Å²) in [6, 6.07) is 17.9. The number of carbonyl (C=O) groups excluding carboxylic acids is 1. The van der Waals surface area contributed by atoms with Crippen molar-refractivity contribution >= 4 is 17.5 Å². The molecule has 1 aliphatic heterocycles. The van der Waals surface area contributed by atoms with Gasteiger partial charge in [-0.15, -0.1) is 5.10 Å². The van der Waals surface area contributed by atoms with E-state index in [-0.39, 0.29) is 11.9 Å². The normalized spacial score (nSPS) is 17.6. The van der Waals surface area contributed by atoms with Crippen molar-refractivity contribution in [3.63, 3.8) is 0 Å². The zero-order chi connectivity index (χ0) is 19.5. The van der Waals surface area contributed by atoms with E-state index in [0.717, 1.165) is 19.6 Å². The molecule has 6 nitrogen and oxygen atoms in total. The molecule has 1 atom stereocenters. The number of nitrogens with zero attached hydrogens (tertiary/aromatic N) is 5. The number of halogens is 1. The van der Waals surface area contributed by atoms with Gasteiger partial charge in [-0.3, -0.25) is 9.69 Å². The molecule has 2 heterocycles. The van der Waals surface area contributed by atoms with Crippen LogP contribution in [-0.4, -0.2) is 56.4 Å². The molecule has 144 valence electrons. The monoisotopic (exact) mass is 395 g/mol. The van der Waals surface area contributed by atoms with Crippen LogP contribution in [0.15, 0.2) is 60.8 Å². The minimum absolute atomic E-state index is 0.0924. The van der Waals surface area contributed by atoms with Gasteiger partial charge in [-0.1, -0.05) is 59.3 Å². The Morgan fingerprint density at radius 3 is 2.61 bits per heavy atom. The summed E-state index contributed by atoms with van der Waals surface area (Å²) in [4.78, 5) is 17.2. The van der Waals surface area contributed by atoms with E-state index < -0.39 is 0 Å². The van der Waals surface area contributed by atoms with Gasteiger partial charge in [0, 0.05) is 32.2 Å². The summed E-state index contributed by atoms with van der Waals surface area (Å²) in [5, 5.41) is 8.73. The maximum atomic E-state index is 13.0. The number of para-hydroxylation sites is 1. The first kappa shape index (κ1) is 18.7. The predicted molar refractivity (Wildman–Crippen MR) is 109 cm³/mol. The Hall–Kier alpha value is -2.70. The number of hydrogen-bond acceptors (Lipinski definition) is 4. The molecule has 0 radical (unpaired) electrons. The van der Waals surface area contributed by atoms with Crippen molar-refractivity contribution in [3.05, 3.63) is 77.1 Å². The molecule has 1 aliphatic rings. The molecule has 1 saturated heterocycles. The Morgan fingerprint density at radius 1 is 1.11 bits per heavy atom. The highest BCUT2D eigenvalue weighted by atomic mass is 35.5. The van der Waals surface area contributed by atoms with Crippen molar-refractivity contribution in [3.8, 4) is 5.69 Å². The van der Waals surface area contributed by atoms with Gasteiger partial charge in [0.1, 0.15) is 0 Å². The number of benzene rings is 2. The zero-order valence-corrected chi connectivity index (χ0v) is 16.5. The first-order valence-corrected chi connectivity index (χ1v) is 9.74. The van der Waals surface area contributed by atoms with E-state index in [1.54, 1.807) is 16.9 Å². The third-order valence-corrected chi connectivity index (χ3v) is 5.35. The largest absolute Gasteiger partial charge is 0.332 e. The Labute approximate surface area is 169 Å². The quantitative estimate of drug-likeness (QED) is 0.680. The molecule has 3 aromatic rings. The van der Waals surface area contributed by atoms with Gasteiger partial charge in [0.25, 0.3) is 5.91 Å². The smallest absolute Gasteiger partial charge is 0.276 e. The molecule has 4 rings (SSSR count). The van der Waals surface area contributed by atoms with Crippen molar-refractivity contribution in [1.29, 1.82) is 0 Å². The van der Waals surface area contributed by atoms with E-state index in [1.807, 2.05) is 29.2 Å². The van der Waals surface area contributed by atoms with Crippen molar-refractivity contribution in [2.24, 2.45) is 0 Å². The SMILES string of the molecule is CC1CN(Cc2ccccc2)CCN1C(=O)c1cn(-c2ccccc2Cl)nn1. The summed E-state index contributed by atoms with van der Waals surface area (Å²) in [5.41, 5.74) is 2.33. The Bertz CT molecular complexity index is 958. The van der Waals surface area contributed by atoms with Gasteiger partial charge in [0.15, 0.2) is 5.69 Å². The van der Waals surface area contributed by atoms with Gasteiger partial charge in [0.2, 0.25) is 0 Å². The van der Waals surface area contributed by atoms with Crippen LogP contribution in [0.1, 0.15) is 23.0 Å². The highest BCUT2D eigenvalue weighted by Crippen LogP contribution is 2.20. The van der Waals surface area contributed by atoms with Crippen LogP contribution in [0, 0.1) is 0 Å². The van der Waals surface area contributed by atoms with Crippen LogP contribution in [-0.2, 0) is 6.54 Å². The summed E-state index contributed by atoms with van der Waals surface area (Å²) in [5.74, 6) is -0.0924. The van der Waals surface area contributed by atoms with Crippen molar-refractivity contribution in [2.75, 3.05) is 19.6 Å². The lowest BCUT2D eigenvalue weighted by Gasteiger charge is -2.39. The average molecular weight is 396 g/mol. The summed E-state index contributed by atoms with van der Waals surface area (Å²) in [6.07, 6.45) is 1.65. The molecular formula is C21H22ClN5O. The Kier molecular flexibility index (Phi) is 5.41. The minimum Gasteiger partial charge on any atom is -0.332 e. The number of amides is 1. The first-order chi connectivity index (χ1) is 13.6. The molecule has 28 heavy (non-hydrogen) atoms. The molecule has 1 amide bonds. The van der Waals surface area contributed by atoms with Gasteiger partial charge >= 0.3 is 0 Å². The maximum Gasteiger partial charge on any atom is 0.276 e. The van der Waals surface area contributed by atoms with Crippen molar-refractivity contribution in [1.82, 2.24) is 24.8 Å². The van der Waals surface area contributed by atoms with E-state index in [4.69, 9.17) is 11.6 Å². The number of carbonyl (C=O) groups is 1. The summed E-state index contributed by atoms with van der Waals surface area (Å²) in [6.45, 7) is 5.32. The third kappa shape index (κ3) is 3.93. The van der Waals surface area contributed by atoms with Gasteiger partial charge in [-0.2, -0.15) is 0 Å². The molecular weight excluding hydrogens is 374 g/mol. The molecule has 0 spiro atoms. The van der Waals surface area contributed by atoms with Crippen LogP contribution < -0.4 is 0 Å². The van der Waals surface area contributed by atoms with Crippen LogP contribution in [0.25, 0.3) is 5.69 Å². The summed E-state index contributed by atoms with van der Waals surface area (Å²) in [7, 11) is 0. The van der Waals surface area contributed by atoms with E-state index in [9.17, 15) is 4.79 Å². The van der Waals surface area contributed by atoms with Crippen LogP contribution in [0.2, 0.25) is 5.02 Å². The standard InChI is InChI=1S/C21H22ClN5O/c1-16-13-25(14-17-7-3-2-4-8-17)11-12-26(16)21(28)19-15-27(24-23-19)20-10-6-5-9-18(20)22/h2-10,15-16H,11-14H2,1H3. The second-order valence-electron chi connectivity index (χ2n) is 7.07. The molecule has 1 unspecified atom stereocenters. The number of piperazine rings is 1. The molecule has 0 aliphatic carbocycles. The van der Waals surface area contributed by atoms with E-state index in [1.165, 1.54) is 5.56 Å². The highest BCUT2D eigenvalue weighted by Gasteiger charge is 2.29. The Balaban J connectivity index is 1.43.